The summed E-state index contributed by atoms with van der Waals surface area (Å²) >= 11 is 7.81. The van der Waals surface area contributed by atoms with Gasteiger partial charge in [-0.2, -0.15) is 0 Å². The van der Waals surface area contributed by atoms with Gasteiger partial charge in [-0.1, -0.05) is 11.6 Å². The van der Waals surface area contributed by atoms with Gasteiger partial charge in [-0.05, 0) is 24.3 Å². The zero-order valence-corrected chi connectivity index (χ0v) is 13.8. The molecule has 22 heavy (non-hydrogen) atoms. The van der Waals surface area contributed by atoms with Crippen molar-refractivity contribution in [3.05, 3.63) is 41.2 Å². The maximum absolute atomic E-state index is 5.96. The molecule has 4 nitrogen and oxygen atoms in total. The molecule has 1 aromatic carbocycles. The fourth-order valence-corrected chi connectivity index (χ4v) is 4.00. The van der Waals surface area contributed by atoms with Crippen LogP contribution in [0.25, 0.3) is 0 Å². The maximum atomic E-state index is 5.96. The van der Waals surface area contributed by atoms with Crippen LogP contribution in [-0.4, -0.2) is 41.9 Å². The lowest BCUT2D eigenvalue weighted by molar-refractivity contribution is 0.637. The van der Waals surface area contributed by atoms with Gasteiger partial charge in [-0.25, -0.2) is 9.97 Å². The van der Waals surface area contributed by atoms with Gasteiger partial charge in [0.05, 0.1) is 5.69 Å². The second-order valence-electron chi connectivity index (χ2n) is 5.53. The fourth-order valence-electron chi connectivity index (χ4n) is 2.92. The van der Waals surface area contributed by atoms with Crippen molar-refractivity contribution >= 4 is 35.0 Å². The van der Waals surface area contributed by atoms with Crippen LogP contribution in [0.1, 0.15) is 5.69 Å². The van der Waals surface area contributed by atoms with E-state index in [0.717, 1.165) is 49.3 Å². The summed E-state index contributed by atoms with van der Waals surface area (Å²) in [7, 11) is 0. The van der Waals surface area contributed by atoms with Gasteiger partial charge >= 0.3 is 0 Å². The van der Waals surface area contributed by atoms with Crippen LogP contribution in [0.3, 0.4) is 0 Å². The van der Waals surface area contributed by atoms with E-state index in [2.05, 4.69) is 26.9 Å². The number of hydrogen-bond acceptors (Lipinski definition) is 5. The molecule has 0 atom stereocenters. The Bertz CT molecular complexity index is 668. The minimum Gasteiger partial charge on any atom is -0.368 e. The number of fused-ring (bicyclic) bond motifs is 1. The largest absolute Gasteiger partial charge is 0.368 e. The van der Waals surface area contributed by atoms with E-state index in [-0.39, 0.29) is 0 Å². The topological polar surface area (TPSA) is 32.3 Å². The highest BCUT2D eigenvalue weighted by Crippen LogP contribution is 2.30. The quantitative estimate of drug-likeness (QED) is 0.843. The molecule has 0 amide bonds. The summed E-state index contributed by atoms with van der Waals surface area (Å²) in [6.45, 7) is 3.87. The molecule has 2 aromatic rings. The predicted molar refractivity (Wildman–Crippen MR) is 92.3 cm³/mol. The maximum Gasteiger partial charge on any atom is 0.225 e. The van der Waals surface area contributed by atoms with Gasteiger partial charge in [0.2, 0.25) is 5.95 Å². The van der Waals surface area contributed by atoms with Crippen molar-refractivity contribution in [1.29, 1.82) is 0 Å². The van der Waals surface area contributed by atoms with Gasteiger partial charge in [0.15, 0.2) is 0 Å². The predicted octanol–water partition coefficient (Wildman–Crippen LogP) is 3.10. The molecule has 0 radical (unpaired) electrons. The number of thioether (sulfide) groups is 1. The van der Waals surface area contributed by atoms with Crippen LogP contribution in [0, 0.1) is 0 Å². The van der Waals surface area contributed by atoms with Crippen molar-refractivity contribution in [2.24, 2.45) is 0 Å². The summed E-state index contributed by atoms with van der Waals surface area (Å²) < 4.78 is 0. The minimum atomic E-state index is 0.784. The van der Waals surface area contributed by atoms with Gasteiger partial charge in [0, 0.05) is 60.2 Å². The molecule has 0 aliphatic carbocycles. The molecule has 0 spiro atoms. The highest BCUT2D eigenvalue weighted by atomic mass is 35.5. The summed E-state index contributed by atoms with van der Waals surface area (Å²) in [4.78, 5) is 15.2. The highest BCUT2D eigenvalue weighted by molar-refractivity contribution is 7.99. The molecule has 0 bridgehead atoms. The molecule has 1 fully saturated rings. The third-order valence-electron chi connectivity index (χ3n) is 4.17. The summed E-state index contributed by atoms with van der Waals surface area (Å²) in [5.74, 6) is 2.02. The van der Waals surface area contributed by atoms with E-state index in [1.165, 1.54) is 16.3 Å². The van der Waals surface area contributed by atoms with Crippen molar-refractivity contribution < 1.29 is 0 Å². The third-order valence-corrected chi connectivity index (χ3v) is 5.48. The summed E-state index contributed by atoms with van der Waals surface area (Å²) in [6.07, 6.45) is 3.06. The Labute approximate surface area is 139 Å². The Morgan fingerprint density at radius 3 is 2.50 bits per heavy atom. The number of hydrogen-bond donors (Lipinski definition) is 0. The van der Waals surface area contributed by atoms with Crippen molar-refractivity contribution in [2.45, 2.75) is 11.3 Å². The van der Waals surface area contributed by atoms with Crippen LogP contribution in [0.5, 0.6) is 0 Å². The van der Waals surface area contributed by atoms with Crippen LogP contribution < -0.4 is 9.80 Å². The first-order valence-corrected chi connectivity index (χ1v) is 8.90. The van der Waals surface area contributed by atoms with Gasteiger partial charge in [-0.3, -0.25) is 0 Å². The average Bonchev–Trinajstić information content (AvgIpc) is 3.03. The summed E-state index contributed by atoms with van der Waals surface area (Å²) in [5.41, 5.74) is 2.45. The van der Waals surface area contributed by atoms with E-state index < -0.39 is 0 Å². The minimum absolute atomic E-state index is 0.784. The van der Waals surface area contributed by atoms with E-state index in [1.54, 1.807) is 0 Å². The zero-order valence-electron chi connectivity index (χ0n) is 12.2. The molecule has 114 valence electrons. The summed E-state index contributed by atoms with van der Waals surface area (Å²) in [6, 6.07) is 8.07. The van der Waals surface area contributed by atoms with Crippen LogP contribution in [-0.2, 0) is 6.42 Å². The number of rotatable bonds is 2. The summed E-state index contributed by atoms with van der Waals surface area (Å²) in [5, 5.41) is 0.784. The monoisotopic (exact) mass is 332 g/mol. The molecule has 4 rings (SSSR count). The van der Waals surface area contributed by atoms with E-state index >= 15 is 0 Å². The molecule has 2 aliphatic rings. The van der Waals surface area contributed by atoms with Gasteiger partial charge < -0.3 is 9.80 Å². The molecular weight excluding hydrogens is 316 g/mol. The lowest BCUT2D eigenvalue weighted by Crippen LogP contribution is -2.47. The first kappa shape index (κ1) is 14.2. The molecule has 2 aliphatic heterocycles. The number of anilines is 2. The van der Waals surface area contributed by atoms with Crippen molar-refractivity contribution in [3.8, 4) is 0 Å². The molecule has 0 saturated carbocycles. The smallest absolute Gasteiger partial charge is 0.225 e. The molecular formula is C16H17ClN4S. The molecule has 1 aromatic heterocycles. The Hall–Kier alpha value is -1.46. The zero-order chi connectivity index (χ0) is 14.9. The van der Waals surface area contributed by atoms with E-state index in [0.29, 0.717) is 0 Å². The third kappa shape index (κ3) is 2.75. The molecule has 6 heteroatoms. The fraction of sp³-hybridized carbons (Fsp3) is 0.375. The highest BCUT2D eigenvalue weighted by Gasteiger charge is 2.21. The number of benzene rings is 1. The van der Waals surface area contributed by atoms with Crippen LogP contribution in [0.4, 0.5) is 11.6 Å². The van der Waals surface area contributed by atoms with Gasteiger partial charge in [-0.15, -0.1) is 11.8 Å². The molecule has 0 unspecified atom stereocenters. The molecule has 0 N–H and O–H groups in total. The Kier molecular flexibility index (Phi) is 3.84. The van der Waals surface area contributed by atoms with Crippen molar-refractivity contribution in [1.82, 2.24) is 9.97 Å². The lowest BCUT2D eigenvalue weighted by Gasteiger charge is -2.36. The van der Waals surface area contributed by atoms with Crippen LogP contribution >= 0.6 is 23.4 Å². The molecule has 3 heterocycles. The number of halogens is 1. The van der Waals surface area contributed by atoms with Crippen LogP contribution in [0.2, 0.25) is 5.02 Å². The number of aryl methyl sites for hydroxylation is 1. The number of nitrogens with zero attached hydrogens (tertiary/aromatic N) is 4. The standard InChI is InChI=1S/C16H17ClN4S/c17-12-1-3-13(4-2-12)20-6-8-21(9-7-20)16-18-11-15-14(19-16)5-10-22-15/h1-4,11H,5-10H2. The van der Waals surface area contributed by atoms with Crippen LogP contribution in [0.15, 0.2) is 35.4 Å². The SMILES string of the molecule is Clc1ccc(N2CCN(c3ncc4c(n3)CCS4)CC2)cc1. The Balaban J connectivity index is 1.44. The number of piperazine rings is 1. The van der Waals surface area contributed by atoms with Gasteiger partial charge in [0.1, 0.15) is 0 Å². The second-order valence-corrected chi connectivity index (χ2v) is 7.10. The van der Waals surface area contributed by atoms with E-state index in [4.69, 9.17) is 16.6 Å². The van der Waals surface area contributed by atoms with E-state index in [9.17, 15) is 0 Å². The average molecular weight is 333 g/mol. The normalized spacial score (nSPS) is 17.7. The van der Waals surface area contributed by atoms with E-state index in [1.807, 2.05) is 30.1 Å². The Morgan fingerprint density at radius 2 is 1.73 bits per heavy atom. The number of aromatic nitrogens is 2. The Morgan fingerprint density at radius 1 is 1.00 bits per heavy atom. The van der Waals surface area contributed by atoms with Crippen molar-refractivity contribution in [2.75, 3.05) is 41.7 Å². The van der Waals surface area contributed by atoms with Crippen molar-refractivity contribution in [3.63, 3.8) is 0 Å². The second kappa shape index (κ2) is 5.97. The lowest BCUT2D eigenvalue weighted by atomic mass is 10.2. The molecule has 1 saturated heterocycles. The first-order chi connectivity index (χ1) is 10.8. The first-order valence-electron chi connectivity index (χ1n) is 7.54. The van der Waals surface area contributed by atoms with Gasteiger partial charge in [0.25, 0.3) is 0 Å².